The zero-order valence-electron chi connectivity index (χ0n) is 18.9. The summed E-state index contributed by atoms with van der Waals surface area (Å²) in [5.74, 6) is 1.92. The zero-order valence-corrected chi connectivity index (χ0v) is 18.9. The van der Waals surface area contributed by atoms with Crippen molar-refractivity contribution < 1.29 is 15.1 Å². The van der Waals surface area contributed by atoms with E-state index in [1.165, 1.54) is 12.8 Å². The molecule has 0 radical (unpaired) electrons. The van der Waals surface area contributed by atoms with Gasteiger partial charge in [-0.15, -0.1) is 0 Å². The Balaban J connectivity index is 1.49. The van der Waals surface area contributed by atoms with Crippen molar-refractivity contribution in [3.05, 3.63) is 0 Å². The molecule has 0 aliphatic heterocycles. The summed E-state index contributed by atoms with van der Waals surface area (Å²) >= 11 is 0. The number of fused-ring (bicyclic) bond motifs is 5. The van der Waals surface area contributed by atoms with E-state index in [0.717, 1.165) is 51.5 Å². The quantitative estimate of drug-likeness (QED) is 0.415. The van der Waals surface area contributed by atoms with Gasteiger partial charge in [0.05, 0.1) is 11.7 Å². The summed E-state index contributed by atoms with van der Waals surface area (Å²) in [6, 6.07) is 0. The van der Waals surface area contributed by atoms with Crippen molar-refractivity contribution in [2.75, 3.05) is 27.2 Å². The van der Waals surface area contributed by atoms with E-state index in [2.05, 4.69) is 23.9 Å². The lowest BCUT2D eigenvalue weighted by molar-refractivity contribution is -0.206. The van der Waals surface area contributed by atoms with Gasteiger partial charge in [0.25, 0.3) is 0 Å². The van der Waals surface area contributed by atoms with Crippen LogP contribution in [0.2, 0.25) is 0 Å². The molecule has 0 unspecified atom stereocenters. The van der Waals surface area contributed by atoms with Crippen LogP contribution < -0.4 is 0 Å². The standard InChI is InChI=1S/C24H42N2O3/c1-22-10-8-19(27)15-17(22)5-6-21-20(22)9-11-23(2)18(7-12-24(21,23)28)16-25-29-14-13-26(3)4/h16-21,27-28H,5-15H2,1-4H3/b25-16+/t17-,18-,19+,20+,21-,22+,23-,24+/m1/s1. The molecule has 2 N–H and O–H groups in total. The van der Waals surface area contributed by atoms with Gasteiger partial charge in [-0.2, -0.15) is 0 Å². The summed E-state index contributed by atoms with van der Waals surface area (Å²) in [7, 11) is 4.07. The van der Waals surface area contributed by atoms with Gasteiger partial charge in [-0.25, -0.2) is 0 Å². The number of hydrogen-bond acceptors (Lipinski definition) is 5. The highest BCUT2D eigenvalue weighted by molar-refractivity contribution is 5.63. The lowest BCUT2D eigenvalue weighted by atomic mass is 9.43. The monoisotopic (exact) mass is 406 g/mol. The Bertz CT molecular complexity index is 625. The number of likely N-dealkylation sites (N-methyl/N-ethyl adjacent to an activating group) is 1. The highest BCUT2D eigenvalue weighted by atomic mass is 16.6. The van der Waals surface area contributed by atoms with Gasteiger partial charge in [0.15, 0.2) is 0 Å². The predicted octanol–water partition coefficient (Wildman–Crippen LogP) is 3.69. The number of aliphatic hydroxyl groups excluding tert-OH is 1. The number of hydrogen-bond donors (Lipinski definition) is 2. The molecule has 0 aromatic heterocycles. The van der Waals surface area contributed by atoms with E-state index >= 15 is 0 Å². The van der Waals surface area contributed by atoms with Gasteiger partial charge in [0.1, 0.15) is 6.61 Å². The molecule has 5 heteroatoms. The van der Waals surface area contributed by atoms with E-state index in [1.54, 1.807) is 0 Å². The molecule has 4 aliphatic carbocycles. The molecule has 0 heterocycles. The minimum atomic E-state index is -0.583. The average molecular weight is 407 g/mol. The van der Waals surface area contributed by atoms with E-state index in [-0.39, 0.29) is 11.5 Å². The summed E-state index contributed by atoms with van der Waals surface area (Å²) in [4.78, 5) is 7.58. The molecular weight excluding hydrogens is 364 g/mol. The van der Waals surface area contributed by atoms with Crippen LogP contribution in [-0.4, -0.2) is 60.3 Å². The smallest absolute Gasteiger partial charge is 0.129 e. The Morgan fingerprint density at radius 3 is 2.59 bits per heavy atom. The predicted molar refractivity (Wildman–Crippen MR) is 116 cm³/mol. The third-order valence-corrected chi connectivity index (χ3v) is 9.84. The van der Waals surface area contributed by atoms with Crippen LogP contribution in [0.1, 0.15) is 71.6 Å². The van der Waals surface area contributed by atoms with E-state index in [4.69, 9.17) is 4.84 Å². The molecule has 4 aliphatic rings. The molecule has 0 aromatic carbocycles. The molecule has 4 fully saturated rings. The molecule has 0 saturated heterocycles. The number of nitrogens with zero attached hydrogens (tertiary/aromatic N) is 2. The van der Waals surface area contributed by atoms with Crippen LogP contribution in [0.25, 0.3) is 0 Å². The van der Waals surface area contributed by atoms with Crippen LogP contribution in [0, 0.1) is 34.5 Å². The van der Waals surface area contributed by atoms with Crippen LogP contribution in [0.15, 0.2) is 5.16 Å². The third-order valence-electron chi connectivity index (χ3n) is 9.84. The summed E-state index contributed by atoms with van der Waals surface area (Å²) < 4.78 is 0. The van der Waals surface area contributed by atoms with Gasteiger partial charge in [0.2, 0.25) is 0 Å². The van der Waals surface area contributed by atoms with Crippen LogP contribution in [0.3, 0.4) is 0 Å². The van der Waals surface area contributed by atoms with E-state index in [0.29, 0.717) is 35.7 Å². The molecule has 8 atom stereocenters. The van der Waals surface area contributed by atoms with Gasteiger partial charge in [-0.1, -0.05) is 19.0 Å². The van der Waals surface area contributed by atoms with Crippen LogP contribution in [-0.2, 0) is 4.84 Å². The molecular formula is C24H42N2O3. The second kappa shape index (κ2) is 7.80. The fourth-order valence-electron chi connectivity index (χ4n) is 7.88. The van der Waals surface area contributed by atoms with Crippen LogP contribution >= 0.6 is 0 Å². The third kappa shape index (κ3) is 3.45. The Morgan fingerprint density at radius 1 is 1.03 bits per heavy atom. The summed E-state index contributed by atoms with van der Waals surface area (Å²) in [5, 5.41) is 26.6. The first-order valence-corrected chi connectivity index (χ1v) is 11.9. The molecule has 0 bridgehead atoms. The van der Waals surface area contributed by atoms with Crippen LogP contribution in [0.4, 0.5) is 0 Å². The summed E-state index contributed by atoms with van der Waals surface area (Å²) in [5.41, 5.74) is -0.388. The Morgan fingerprint density at radius 2 is 1.83 bits per heavy atom. The highest BCUT2D eigenvalue weighted by Gasteiger charge is 2.66. The zero-order chi connectivity index (χ0) is 20.9. The maximum Gasteiger partial charge on any atom is 0.129 e. The van der Waals surface area contributed by atoms with Gasteiger partial charge in [-0.3, -0.25) is 0 Å². The fraction of sp³-hybridized carbons (Fsp3) is 0.958. The highest BCUT2D eigenvalue weighted by Crippen LogP contribution is 2.68. The Labute approximate surface area is 176 Å². The maximum atomic E-state index is 12.1. The number of oxime groups is 1. The lowest BCUT2D eigenvalue weighted by Crippen LogP contribution is -2.62. The first-order valence-electron chi connectivity index (χ1n) is 11.9. The van der Waals surface area contributed by atoms with Crippen molar-refractivity contribution in [1.82, 2.24) is 4.90 Å². The maximum absolute atomic E-state index is 12.1. The van der Waals surface area contributed by atoms with Gasteiger partial charge >= 0.3 is 0 Å². The molecule has 5 nitrogen and oxygen atoms in total. The average Bonchev–Trinajstić information content (AvgIpc) is 2.93. The van der Waals surface area contributed by atoms with E-state index in [1.807, 2.05) is 20.3 Å². The Kier molecular flexibility index (Phi) is 5.80. The van der Waals surface area contributed by atoms with Gasteiger partial charge in [-0.05, 0) is 95.1 Å². The lowest BCUT2D eigenvalue weighted by Gasteiger charge is -2.63. The molecule has 4 rings (SSSR count). The van der Waals surface area contributed by atoms with E-state index in [9.17, 15) is 10.2 Å². The minimum absolute atomic E-state index is 0.0973. The van der Waals surface area contributed by atoms with E-state index < -0.39 is 5.60 Å². The van der Waals surface area contributed by atoms with Crippen molar-refractivity contribution >= 4 is 6.21 Å². The molecule has 166 valence electrons. The second-order valence-electron chi connectivity index (χ2n) is 11.3. The number of aliphatic hydroxyl groups is 2. The van der Waals surface area contributed by atoms with Gasteiger partial charge in [0, 0.05) is 24.1 Å². The summed E-state index contributed by atoms with van der Waals surface area (Å²) in [6.07, 6.45) is 11.4. The second-order valence-corrected chi connectivity index (χ2v) is 11.3. The molecule has 0 aromatic rings. The van der Waals surface area contributed by atoms with Crippen molar-refractivity contribution in [2.45, 2.75) is 83.3 Å². The van der Waals surface area contributed by atoms with Crippen LogP contribution in [0.5, 0.6) is 0 Å². The van der Waals surface area contributed by atoms with Crippen molar-refractivity contribution in [1.29, 1.82) is 0 Å². The Hall–Kier alpha value is -0.650. The fourth-order valence-corrected chi connectivity index (χ4v) is 7.88. The topological polar surface area (TPSA) is 65.3 Å². The van der Waals surface area contributed by atoms with Crippen molar-refractivity contribution in [3.63, 3.8) is 0 Å². The molecule has 0 spiro atoms. The van der Waals surface area contributed by atoms with Crippen molar-refractivity contribution in [2.24, 2.45) is 39.7 Å². The minimum Gasteiger partial charge on any atom is -0.395 e. The summed E-state index contributed by atoms with van der Waals surface area (Å²) in [6.45, 7) is 6.25. The first kappa shape index (κ1) is 21.6. The van der Waals surface area contributed by atoms with Crippen molar-refractivity contribution in [3.8, 4) is 0 Å². The number of rotatable bonds is 5. The SMILES string of the molecule is CN(C)CCO/N=C/[C@H]1CC[C@]2(O)[C@@H]3CC[C@@H]4C[C@@H](O)CC[C@]4(C)[C@H]3CC[C@]12C. The van der Waals surface area contributed by atoms with Gasteiger partial charge < -0.3 is 20.0 Å². The molecule has 29 heavy (non-hydrogen) atoms. The largest absolute Gasteiger partial charge is 0.395 e. The molecule has 0 amide bonds. The normalized spacial score (nSPS) is 49.7. The molecule has 4 saturated carbocycles. The first-order chi connectivity index (χ1) is 13.7.